The number of pyridine rings is 1. The van der Waals surface area contributed by atoms with Crippen LogP contribution in [0.15, 0.2) is 42.6 Å². The molecular weight excluding hydrogens is 231 g/mol. The highest BCUT2D eigenvalue weighted by atomic mass is 19.4. The standard InChI is InChI=1S/C12H8F3NO/c13-12(14,15)9-5-3-4-8(11(9)17)10-6-1-2-7-16-10/h1-7,17H. The lowest BCUT2D eigenvalue weighted by Gasteiger charge is -2.11. The Morgan fingerprint density at radius 3 is 2.35 bits per heavy atom. The van der Waals surface area contributed by atoms with Gasteiger partial charge in [0.1, 0.15) is 5.75 Å². The molecular formula is C12H8F3NO. The molecule has 0 aliphatic heterocycles. The number of rotatable bonds is 1. The van der Waals surface area contributed by atoms with E-state index in [4.69, 9.17) is 0 Å². The molecule has 0 aliphatic carbocycles. The van der Waals surface area contributed by atoms with Crippen LogP contribution in [0, 0.1) is 0 Å². The molecule has 1 aromatic carbocycles. The molecule has 0 spiro atoms. The predicted octanol–water partition coefficient (Wildman–Crippen LogP) is 3.47. The van der Waals surface area contributed by atoms with Crippen LogP contribution >= 0.6 is 0 Å². The summed E-state index contributed by atoms with van der Waals surface area (Å²) in [6.07, 6.45) is -3.12. The SMILES string of the molecule is Oc1c(-c2ccccn2)cccc1C(F)(F)F. The maximum Gasteiger partial charge on any atom is 0.419 e. The van der Waals surface area contributed by atoms with Gasteiger partial charge in [-0.15, -0.1) is 0 Å². The monoisotopic (exact) mass is 239 g/mol. The zero-order valence-electron chi connectivity index (χ0n) is 8.57. The minimum Gasteiger partial charge on any atom is -0.507 e. The van der Waals surface area contributed by atoms with Crippen LogP contribution in [-0.2, 0) is 6.18 Å². The number of alkyl halides is 3. The van der Waals surface area contributed by atoms with Gasteiger partial charge in [0.05, 0.1) is 11.3 Å². The van der Waals surface area contributed by atoms with Gasteiger partial charge in [0.2, 0.25) is 0 Å². The van der Waals surface area contributed by atoms with Crippen LogP contribution in [0.2, 0.25) is 0 Å². The summed E-state index contributed by atoms with van der Waals surface area (Å²) in [6.45, 7) is 0. The van der Waals surface area contributed by atoms with Crippen LogP contribution in [0.4, 0.5) is 13.2 Å². The Kier molecular flexibility index (Phi) is 2.75. The third kappa shape index (κ3) is 2.22. The molecule has 0 aliphatic rings. The van der Waals surface area contributed by atoms with Crippen LogP contribution in [0.3, 0.4) is 0 Å². The first kappa shape index (κ1) is 11.4. The van der Waals surface area contributed by atoms with Crippen LogP contribution in [0.1, 0.15) is 5.56 Å². The second-order valence-corrected chi connectivity index (χ2v) is 3.41. The Labute approximate surface area is 95.4 Å². The van der Waals surface area contributed by atoms with Crippen molar-refractivity contribution in [3.05, 3.63) is 48.2 Å². The second-order valence-electron chi connectivity index (χ2n) is 3.41. The van der Waals surface area contributed by atoms with Crippen molar-refractivity contribution in [3.63, 3.8) is 0 Å². The second kappa shape index (κ2) is 4.08. The van der Waals surface area contributed by atoms with Gasteiger partial charge in [0.15, 0.2) is 0 Å². The van der Waals surface area contributed by atoms with Crippen molar-refractivity contribution in [3.8, 4) is 17.0 Å². The van der Waals surface area contributed by atoms with Gasteiger partial charge >= 0.3 is 6.18 Å². The topological polar surface area (TPSA) is 33.1 Å². The first-order valence-electron chi connectivity index (χ1n) is 4.81. The first-order chi connectivity index (χ1) is 8.00. The number of hydrogen-bond acceptors (Lipinski definition) is 2. The van der Waals surface area contributed by atoms with Crippen molar-refractivity contribution in [2.24, 2.45) is 0 Å². The van der Waals surface area contributed by atoms with Crippen molar-refractivity contribution < 1.29 is 18.3 Å². The quantitative estimate of drug-likeness (QED) is 0.826. The van der Waals surface area contributed by atoms with Crippen LogP contribution in [-0.4, -0.2) is 10.1 Å². The van der Waals surface area contributed by atoms with Gasteiger partial charge in [-0.3, -0.25) is 4.98 Å². The Balaban J connectivity index is 2.58. The summed E-state index contributed by atoms with van der Waals surface area (Å²) in [5, 5.41) is 9.62. The van der Waals surface area contributed by atoms with Gasteiger partial charge < -0.3 is 5.11 Å². The smallest absolute Gasteiger partial charge is 0.419 e. The Morgan fingerprint density at radius 1 is 1.00 bits per heavy atom. The molecule has 1 heterocycles. The lowest BCUT2D eigenvalue weighted by Crippen LogP contribution is -2.05. The van der Waals surface area contributed by atoms with Crippen molar-refractivity contribution in [1.82, 2.24) is 4.98 Å². The van der Waals surface area contributed by atoms with Crippen LogP contribution in [0.5, 0.6) is 5.75 Å². The maximum absolute atomic E-state index is 12.6. The maximum atomic E-state index is 12.6. The molecule has 17 heavy (non-hydrogen) atoms. The Hall–Kier alpha value is -2.04. The molecule has 2 nitrogen and oxygen atoms in total. The largest absolute Gasteiger partial charge is 0.507 e. The number of benzene rings is 1. The Morgan fingerprint density at radius 2 is 1.76 bits per heavy atom. The number of phenolic OH excluding ortho intramolecular Hbond substituents is 1. The van der Waals surface area contributed by atoms with E-state index in [2.05, 4.69) is 4.98 Å². The molecule has 0 saturated heterocycles. The van der Waals surface area contributed by atoms with Gasteiger partial charge in [-0.05, 0) is 24.3 Å². The summed E-state index contributed by atoms with van der Waals surface area (Å²) < 4.78 is 37.7. The number of para-hydroxylation sites is 1. The molecule has 5 heteroatoms. The molecule has 0 saturated carbocycles. The average molecular weight is 239 g/mol. The zero-order valence-corrected chi connectivity index (χ0v) is 8.57. The van der Waals surface area contributed by atoms with E-state index in [-0.39, 0.29) is 5.56 Å². The summed E-state index contributed by atoms with van der Waals surface area (Å²) in [5.74, 6) is -0.793. The summed E-state index contributed by atoms with van der Waals surface area (Å²) in [4.78, 5) is 3.91. The summed E-state index contributed by atoms with van der Waals surface area (Å²) in [5.41, 5.74) is -0.683. The van der Waals surface area contributed by atoms with Gasteiger partial charge in [0, 0.05) is 11.8 Å². The molecule has 0 bridgehead atoms. The lowest BCUT2D eigenvalue weighted by molar-refractivity contribution is -0.138. The molecule has 1 aromatic heterocycles. The van der Waals surface area contributed by atoms with E-state index < -0.39 is 17.5 Å². The fraction of sp³-hybridized carbons (Fsp3) is 0.0833. The summed E-state index contributed by atoms with van der Waals surface area (Å²) in [6, 6.07) is 8.30. The van der Waals surface area contributed by atoms with E-state index in [1.54, 1.807) is 12.1 Å². The highest BCUT2D eigenvalue weighted by Crippen LogP contribution is 2.40. The van der Waals surface area contributed by atoms with E-state index in [0.29, 0.717) is 5.69 Å². The van der Waals surface area contributed by atoms with Gasteiger partial charge in [-0.2, -0.15) is 13.2 Å². The third-order valence-electron chi connectivity index (χ3n) is 2.28. The van der Waals surface area contributed by atoms with Gasteiger partial charge in [0.25, 0.3) is 0 Å². The fourth-order valence-corrected chi connectivity index (χ4v) is 1.50. The van der Waals surface area contributed by atoms with E-state index in [1.165, 1.54) is 24.4 Å². The van der Waals surface area contributed by atoms with Crippen molar-refractivity contribution in [1.29, 1.82) is 0 Å². The number of aromatic hydroxyl groups is 1. The number of halogens is 3. The number of nitrogens with zero attached hydrogens (tertiary/aromatic N) is 1. The minimum atomic E-state index is -4.57. The molecule has 0 fully saturated rings. The van der Waals surface area contributed by atoms with Crippen molar-refractivity contribution >= 4 is 0 Å². The van der Waals surface area contributed by atoms with E-state index in [0.717, 1.165) is 6.07 Å². The van der Waals surface area contributed by atoms with E-state index in [9.17, 15) is 18.3 Å². The van der Waals surface area contributed by atoms with Gasteiger partial charge in [-0.25, -0.2) is 0 Å². The molecule has 1 N–H and O–H groups in total. The minimum absolute atomic E-state index is 0.0698. The molecule has 0 unspecified atom stereocenters. The lowest BCUT2D eigenvalue weighted by atomic mass is 10.1. The van der Waals surface area contributed by atoms with Gasteiger partial charge in [-0.1, -0.05) is 12.1 Å². The van der Waals surface area contributed by atoms with Crippen molar-refractivity contribution in [2.45, 2.75) is 6.18 Å². The molecule has 2 aromatic rings. The molecule has 0 radical (unpaired) electrons. The molecule has 0 atom stereocenters. The number of aromatic nitrogens is 1. The van der Waals surface area contributed by atoms with Crippen LogP contribution in [0.25, 0.3) is 11.3 Å². The summed E-state index contributed by atoms with van der Waals surface area (Å²) in [7, 11) is 0. The highest BCUT2D eigenvalue weighted by molar-refractivity contribution is 5.68. The van der Waals surface area contributed by atoms with Crippen LogP contribution < -0.4 is 0 Å². The summed E-state index contributed by atoms with van der Waals surface area (Å²) >= 11 is 0. The normalized spacial score (nSPS) is 11.5. The zero-order chi connectivity index (χ0) is 12.5. The fourth-order valence-electron chi connectivity index (χ4n) is 1.50. The first-order valence-corrected chi connectivity index (χ1v) is 4.81. The van der Waals surface area contributed by atoms with E-state index >= 15 is 0 Å². The van der Waals surface area contributed by atoms with Crippen molar-refractivity contribution in [2.75, 3.05) is 0 Å². The van der Waals surface area contributed by atoms with E-state index in [1.807, 2.05) is 0 Å². The molecule has 0 amide bonds. The average Bonchev–Trinajstić information content (AvgIpc) is 2.29. The number of hydrogen-bond donors (Lipinski definition) is 1. The highest BCUT2D eigenvalue weighted by Gasteiger charge is 2.34. The number of phenols is 1. The Bertz CT molecular complexity index is 523. The molecule has 88 valence electrons. The third-order valence-corrected chi connectivity index (χ3v) is 2.28. The molecule has 2 rings (SSSR count). The predicted molar refractivity (Wildman–Crippen MR) is 56.3 cm³/mol.